The molecule has 1 saturated heterocycles. The van der Waals surface area contributed by atoms with Crippen molar-refractivity contribution in [1.82, 2.24) is 15.0 Å². The molecule has 1 saturated carbocycles. The van der Waals surface area contributed by atoms with Crippen LogP contribution in [0.3, 0.4) is 0 Å². The summed E-state index contributed by atoms with van der Waals surface area (Å²) < 4.78 is 48.1. The Kier molecular flexibility index (Phi) is 4.56. The minimum absolute atomic E-state index is 0.0210. The molecule has 0 atom stereocenters. The number of pyridine rings is 1. The first kappa shape index (κ1) is 18.5. The lowest BCUT2D eigenvalue weighted by Crippen LogP contribution is -2.43. The summed E-state index contributed by atoms with van der Waals surface area (Å²) >= 11 is 5.78. The van der Waals surface area contributed by atoms with Crippen LogP contribution in [0.4, 0.5) is 19.0 Å². The van der Waals surface area contributed by atoms with Crippen molar-refractivity contribution >= 4 is 28.3 Å². The molecule has 2 aromatic rings. The maximum absolute atomic E-state index is 14.5. The predicted octanol–water partition coefficient (Wildman–Crippen LogP) is 4.62. The number of anilines is 1. The van der Waals surface area contributed by atoms with E-state index in [9.17, 15) is 13.2 Å². The Bertz CT molecular complexity index is 875. The van der Waals surface area contributed by atoms with Crippen LogP contribution in [0.5, 0.6) is 6.01 Å². The van der Waals surface area contributed by atoms with Gasteiger partial charge in [0.25, 0.3) is 5.92 Å². The van der Waals surface area contributed by atoms with E-state index in [0.29, 0.717) is 19.6 Å². The van der Waals surface area contributed by atoms with E-state index in [1.54, 1.807) is 0 Å². The molecule has 3 heterocycles. The highest BCUT2D eigenvalue weighted by Gasteiger charge is 2.42. The monoisotopic (exact) mass is 400 g/mol. The molecule has 1 aliphatic heterocycles. The van der Waals surface area contributed by atoms with E-state index in [1.807, 2.05) is 0 Å². The first-order chi connectivity index (χ1) is 12.8. The molecular formula is C18H20ClF3N4O. The van der Waals surface area contributed by atoms with Gasteiger partial charge in [-0.05, 0) is 25.7 Å². The SMILES string of the molecule is CCC1(COc2nc(N3CCCC(F)(F)C3)c3cnc(Cl)c(F)c3n2)CC1. The summed E-state index contributed by atoms with van der Waals surface area (Å²) in [6, 6.07) is -0.0210. The fourth-order valence-electron chi connectivity index (χ4n) is 3.45. The molecule has 146 valence electrons. The van der Waals surface area contributed by atoms with Gasteiger partial charge in [-0.25, -0.2) is 18.2 Å². The fourth-order valence-corrected chi connectivity index (χ4v) is 3.58. The Morgan fingerprint density at radius 2 is 2.04 bits per heavy atom. The van der Waals surface area contributed by atoms with Gasteiger partial charge < -0.3 is 9.64 Å². The molecule has 0 bridgehead atoms. The normalized spacial score (nSPS) is 20.7. The number of rotatable bonds is 5. The third kappa shape index (κ3) is 3.63. The number of hydrogen-bond acceptors (Lipinski definition) is 5. The zero-order chi connectivity index (χ0) is 19.2. The highest BCUT2D eigenvalue weighted by Crippen LogP contribution is 2.48. The van der Waals surface area contributed by atoms with Crippen LogP contribution in [0.2, 0.25) is 5.15 Å². The molecule has 0 aromatic carbocycles. The van der Waals surface area contributed by atoms with Crippen LogP contribution >= 0.6 is 11.6 Å². The molecule has 9 heteroatoms. The molecule has 5 nitrogen and oxygen atoms in total. The zero-order valence-corrected chi connectivity index (χ0v) is 15.7. The van der Waals surface area contributed by atoms with E-state index in [1.165, 1.54) is 11.1 Å². The minimum atomic E-state index is -2.82. The van der Waals surface area contributed by atoms with Crippen LogP contribution in [0.25, 0.3) is 10.9 Å². The van der Waals surface area contributed by atoms with Crippen molar-refractivity contribution in [1.29, 1.82) is 0 Å². The van der Waals surface area contributed by atoms with E-state index >= 15 is 0 Å². The number of ether oxygens (including phenoxy) is 1. The topological polar surface area (TPSA) is 51.1 Å². The van der Waals surface area contributed by atoms with Crippen molar-refractivity contribution in [3.05, 3.63) is 17.2 Å². The van der Waals surface area contributed by atoms with Gasteiger partial charge in [-0.2, -0.15) is 9.97 Å². The average molecular weight is 401 g/mol. The van der Waals surface area contributed by atoms with E-state index in [0.717, 1.165) is 19.3 Å². The largest absolute Gasteiger partial charge is 0.463 e. The molecule has 1 aliphatic carbocycles. The maximum Gasteiger partial charge on any atom is 0.319 e. The van der Waals surface area contributed by atoms with E-state index in [4.69, 9.17) is 16.3 Å². The standard InChI is InChI=1S/C18H20ClF3N4O/c1-2-17(5-6-17)10-27-16-24-13-11(8-23-14(19)12(13)20)15(25-16)26-7-3-4-18(21,22)9-26/h8H,2-7,9-10H2,1H3. The van der Waals surface area contributed by atoms with Crippen LogP contribution in [0.15, 0.2) is 6.20 Å². The first-order valence-corrected chi connectivity index (χ1v) is 9.48. The van der Waals surface area contributed by atoms with Crippen LogP contribution < -0.4 is 9.64 Å². The van der Waals surface area contributed by atoms with Gasteiger partial charge in [0, 0.05) is 24.6 Å². The van der Waals surface area contributed by atoms with Gasteiger partial charge in [-0.1, -0.05) is 18.5 Å². The molecule has 0 amide bonds. The second-order valence-electron chi connectivity index (χ2n) is 7.48. The molecule has 4 rings (SSSR count). The molecule has 2 aromatic heterocycles. The first-order valence-electron chi connectivity index (χ1n) is 9.10. The Labute approximate surface area is 159 Å². The van der Waals surface area contributed by atoms with Crippen LogP contribution in [-0.2, 0) is 0 Å². The van der Waals surface area contributed by atoms with E-state index in [2.05, 4.69) is 21.9 Å². The van der Waals surface area contributed by atoms with Gasteiger partial charge in [0.15, 0.2) is 11.0 Å². The number of hydrogen-bond donors (Lipinski definition) is 0. The number of piperidine rings is 1. The Morgan fingerprint density at radius 1 is 1.26 bits per heavy atom. The molecule has 2 aliphatic rings. The second kappa shape index (κ2) is 6.65. The lowest BCUT2D eigenvalue weighted by molar-refractivity contribution is -0.0118. The average Bonchev–Trinajstić information content (AvgIpc) is 3.42. The number of alkyl halides is 2. The van der Waals surface area contributed by atoms with Crippen molar-refractivity contribution in [2.24, 2.45) is 5.41 Å². The second-order valence-corrected chi connectivity index (χ2v) is 7.84. The molecule has 0 N–H and O–H groups in total. The molecule has 0 radical (unpaired) electrons. The molecular weight excluding hydrogens is 381 g/mol. The smallest absolute Gasteiger partial charge is 0.319 e. The van der Waals surface area contributed by atoms with Gasteiger partial charge in [-0.15, -0.1) is 0 Å². The Hall–Kier alpha value is -1.83. The van der Waals surface area contributed by atoms with Crippen LogP contribution in [-0.4, -0.2) is 40.6 Å². The van der Waals surface area contributed by atoms with Crippen molar-refractivity contribution < 1.29 is 17.9 Å². The van der Waals surface area contributed by atoms with Gasteiger partial charge in [0.2, 0.25) is 0 Å². The zero-order valence-electron chi connectivity index (χ0n) is 14.9. The summed E-state index contributed by atoms with van der Waals surface area (Å²) in [6.45, 7) is 2.42. The third-order valence-electron chi connectivity index (χ3n) is 5.51. The van der Waals surface area contributed by atoms with E-state index in [-0.39, 0.29) is 39.7 Å². The summed E-state index contributed by atoms with van der Waals surface area (Å²) in [5.41, 5.74) is 0.0515. The summed E-state index contributed by atoms with van der Waals surface area (Å²) in [6.07, 6.45) is 4.56. The molecule has 0 unspecified atom stereocenters. The van der Waals surface area contributed by atoms with Crippen molar-refractivity contribution in [3.8, 4) is 6.01 Å². The van der Waals surface area contributed by atoms with Gasteiger partial charge in [0.1, 0.15) is 11.3 Å². The lowest BCUT2D eigenvalue weighted by atomic mass is 10.1. The number of halogens is 4. The Morgan fingerprint density at radius 3 is 2.70 bits per heavy atom. The quantitative estimate of drug-likeness (QED) is 0.685. The number of fused-ring (bicyclic) bond motifs is 1. The summed E-state index contributed by atoms with van der Waals surface area (Å²) in [4.78, 5) is 13.7. The number of aromatic nitrogens is 3. The highest BCUT2D eigenvalue weighted by molar-refractivity contribution is 6.30. The fraction of sp³-hybridized carbons (Fsp3) is 0.611. The molecule has 0 spiro atoms. The summed E-state index contributed by atoms with van der Waals surface area (Å²) in [5.74, 6) is -3.42. The molecule has 2 fully saturated rings. The van der Waals surface area contributed by atoms with Crippen LogP contribution in [0, 0.1) is 11.2 Å². The van der Waals surface area contributed by atoms with Crippen molar-refractivity contribution in [2.45, 2.75) is 45.0 Å². The maximum atomic E-state index is 14.5. The number of nitrogens with zero attached hydrogens (tertiary/aromatic N) is 4. The summed E-state index contributed by atoms with van der Waals surface area (Å²) in [5, 5.41) is -0.0760. The lowest BCUT2D eigenvalue weighted by Gasteiger charge is -2.33. The van der Waals surface area contributed by atoms with Crippen LogP contribution in [0.1, 0.15) is 39.0 Å². The molecule has 27 heavy (non-hydrogen) atoms. The van der Waals surface area contributed by atoms with Gasteiger partial charge in [0.05, 0.1) is 18.5 Å². The van der Waals surface area contributed by atoms with Crippen molar-refractivity contribution in [3.63, 3.8) is 0 Å². The Balaban J connectivity index is 1.74. The summed E-state index contributed by atoms with van der Waals surface area (Å²) in [7, 11) is 0. The van der Waals surface area contributed by atoms with Crippen molar-refractivity contribution in [2.75, 3.05) is 24.6 Å². The van der Waals surface area contributed by atoms with E-state index < -0.39 is 18.3 Å². The van der Waals surface area contributed by atoms with Gasteiger partial charge >= 0.3 is 6.01 Å². The predicted molar refractivity (Wildman–Crippen MR) is 96.1 cm³/mol. The minimum Gasteiger partial charge on any atom is -0.463 e. The highest BCUT2D eigenvalue weighted by atomic mass is 35.5. The van der Waals surface area contributed by atoms with Gasteiger partial charge in [-0.3, -0.25) is 0 Å². The third-order valence-corrected chi connectivity index (χ3v) is 5.77.